The van der Waals surface area contributed by atoms with Gasteiger partial charge < -0.3 is 15.0 Å². The Balaban J connectivity index is 1.51. The fraction of sp³-hybridized carbons (Fsp3) is 0.263. The number of benzene rings is 1. The van der Waals surface area contributed by atoms with Crippen LogP contribution in [0.4, 0.5) is 5.69 Å². The molecule has 136 valence electrons. The molecular formula is C19H17N5O3. The van der Waals surface area contributed by atoms with Crippen LogP contribution >= 0.6 is 0 Å². The molecule has 3 heterocycles. The van der Waals surface area contributed by atoms with Gasteiger partial charge in [-0.3, -0.25) is 9.59 Å². The zero-order valence-corrected chi connectivity index (χ0v) is 14.7. The van der Waals surface area contributed by atoms with Crippen LogP contribution in [-0.2, 0) is 6.54 Å². The lowest BCUT2D eigenvalue weighted by molar-refractivity contribution is 0.0816. The predicted molar refractivity (Wildman–Crippen MR) is 96.8 cm³/mol. The molecule has 1 saturated carbocycles. The van der Waals surface area contributed by atoms with Crippen LogP contribution in [0, 0.1) is 0 Å². The van der Waals surface area contributed by atoms with Gasteiger partial charge >= 0.3 is 0 Å². The minimum absolute atomic E-state index is 0.0321. The molecule has 0 spiro atoms. The van der Waals surface area contributed by atoms with Gasteiger partial charge in [-0.25, -0.2) is 9.50 Å². The third kappa shape index (κ3) is 2.69. The minimum atomic E-state index is -0.318. The number of rotatable bonds is 4. The molecule has 0 saturated heterocycles. The van der Waals surface area contributed by atoms with Gasteiger partial charge in [0.05, 0.1) is 18.0 Å². The molecule has 0 bridgehead atoms. The summed E-state index contributed by atoms with van der Waals surface area (Å²) in [6.45, 7) is 0.513. The highest BCUT2D eigenvalue weighted by atomic mass is 16.5. The highest BCUT2D eigenvalue weighted by Crippen LogP contribution is 2.37. The van der Waals surface area contributed by atoms with E-state index < -0.39 is 0 Å². The van der Waals surface area contributed by atoms with Crippen molar-refractivity contribution in [2.75, 3.05) is 12.4 Å². The van der Waals surface area contributed by atoms with E-state index in [9.17, 15) is 9.59 Å². The summed E-state index contributed by atoms with van der Waals surface area (Å²) < 4.78 is 7.50. The second-order valence-corrected chi connectivity index (χ2v) is 6.88. The molecule has 0 unspecified atom stereocenters. The first-order valence-corrected chi connectivity index (χ1v) is 8.79. The average Bonchev–Trinajstić information content (AvgIpc) is 3.30. The van der Waals surface area contributed by atoms with Crippen molar-refractivity contribution in [1.29, 1.82) is 0 Å². The smallest absolute Gasteiger partial charge is 0.261 e. The largest absolute Gasteiger partial charge is 0.488 e. The zero-order chi connectivity index (χ0) is 18.5. The third-order valence-corrected chi connectivity index (χ3v) is 4.78. The maximum absolute atomic E-state index is 12.8. The van der Waals surface area contributed by atoms with Gasteiger partial charge in [-0.05, 0) is 36.6 Å². The van der Waals surface area contributed by atoms with Gasteiger partial charge in [0, 0.05) is 31.5 Å². The lowest BCUT2D eigenvalue weighted by Gasteiger charge is -2.13. The van der Waals surface area contributed by atoms with E-state index in [0.717, 1.165) is 18.4 Å². The van der Waals surface area contributed by atoms with E-state index in [4.69, 9.17) is 4.74 Å². The van der Waals surface area contributed by atoms with Gasteiger partial charge in [-0.2, -0.15) is 5.10 Å². The van der Waals surface area contributed by atoms with Crippen LogP contribution in [0.5, 0.6) is 5.75 Å². The first kappa shape index (κ1) is 15.8. The molecule has 0 atom stereocenters. The molecule has 1 aliphatic heterocycles. The summed E-state index contributed by atoms with van der Waals surface area (Å²) in [6.07, 6.45) is 6.95. The van der Waals surface area contributed by atoms with Crippen molar-refractivity contribution < 1.29 is 14.3 Å². The second kappa shape index (κ2) is 5.80. The summed E-state index contributed by atoms with van der Waals surface area (Å²) in [7, 11) is 1.76. The van der Waals surface area contributed by atoms with Crippen LogP contribution in [0.25, 0.3) is 5.65 Å². The number of carbonyl (C=O) groups excluding carboxylic acids is 2. The molecule has 0 radical (unpaired) electrons. The Morgan fingerprint density at radius 2 is 2.19 bits per heavy atom. The molecule has 3 aromatic rings. The second-order valence-electron chi connectivity index (χ2n) is 6.88. The number of nitrogens with one attached hydrogen (secondary N) is 1. The monoisotopic (exact) mass is 363 g/mol. The van der Waals surface area contributed by atoms with Crippen molar-refractivity contribution in [1.82, 2.24) is 19.5 Å². The Kier molecular flexibility index (Phi) is 3.40. The number of carbonyl (C=O) groups is 2. The topological polar surface area (TPSA) is 88.8 Å². The van der Waals surface area contributed by atoms with Gasteiger partial charge in [0.1, 0.15) is 11.3 Å². The number of amides is 2. The molecule has 1 aliphatic carbocycles. The number of aromatic nitrogens is 3. The maximum atomic E-state index is 12.8. The van der Waals surface area contributed by atoms with E-state index in [1.807, 2.05) is 6.07 Å². The third-order valence-electron chi connectivity index (χ3n) is 4.78. The normalized spacial score (nSPS) is 15.9. The SMILES string of the molecule is CN1Cc2cc(NC(=O)c3cnn4cccnc34)c(OC3CC3)cc2C1=O. The lowest BCUT2D eigenvalue weighted by Crippen LogP contribution is -2.17. The van der Waals surface area contributed by atoms with E-state index in [2.05, 4.69) is 15.4 Å². The highest BCUT2D eigenvalue weighted by molar-refractivity contribution is 6.09. The Morgan fingerprint density at radius 1 is 1.33 bits per heavy atom. The molecular weight excluding hydrogens is 346 g/mol. The Morgan fingerprint density at radius 3 is 3.00 bits per heavy atom. The standard InChI is InChI=1S/C19H17N5O3/c1-23-10-11-7-15(16(27-12-3-4-12)8-13(11)19(23)26)22-18(25)14-9-21-24-6-2-5-20-17(14)24/h2,5-9,12H,3-4,10H2,1H3,(H,22,25). The number of ether oxygens (including phenoxy) is 1. The van der Waals surface area contributed by atoms with Crippen LogP contribution in [0.15, 0.2) is 36.8 Å². The maximum Gasteiger partial charge on any atom is 0.261 e. The summed E-state index contributed by atoms with van der Waals surface area (Å²) >= 11 is 0. The van der Waals surface area contributed by atoms with Crippen molar-refractivity contribution in [3.8, 4) is 5.75 Å². The molecule has 8 nitrogen and oxygen atoms in total. The van der Waals surface area contributed by atoms with Crippen LogP contribution in [-0.4, -0.2) is 44.5 Å². The fourth-order valence-electron chi connectivity index (χ4n) is 3.23. The molecule has 1 fully saturated rings. The van der Waals surface area contributed by atoms with Gasteiger partial charge in [-0.15, -0.1) is 0 Å². The van der Waals surface area contributed by atoms with Crippen molar-refractivity contribution in [3.63, 3.8) is 0 Å². The first-order chi connectivity index (χ1) is 13.1. The van der Waals surface area contributed by atoms with E-state index in [1.54, 1.807) is 41.0 Å². The number of hydrogen-bond acceptors (Lipinski definition) is 5. The quantitative estimate of drug-likeness (QED) is 0.767. The number of anilines is 1. The Bertz CT molecular complexity index is 1090. The van der Waals surface area contributed by atoms with Crippen LogP contribution in [0.1, 0.15) is 39.1 Å². The van der Waals surface area contributed by atoms with Crippen LogP contribution < -0.4 is 10.1 Å². The summed E-state index contributed by atoms with van der Waals surface area (Å²) in [5.74, 6) is 0.176. The molecule has 5 rings (SSSR count). The molecule has 1 N–H and O–H groups in total. The Hall–Kier alpha value is -3.42. The Labute approximate surface area is 154 Å². The minimum Gasteiger partial charge on any atom is -0.488 e. The molecule has 27 heavy (non-hydrogen) atoms. The molecule has 2 aliphatic rings. The zero-order valence-electron chi connectivity index (χ0n) is 14.7. The average molecular weight is 363 g/mol. The lowest BCUT2D eigenvalue weighted by atomic mass is 10.1. The number of fused-ring (bicyclic) bond motifs is 2. The summed E-state index contributed by atoms with van der Waals surface area (Å²) in [5, 5.41) is 7.06. The van der Waals surface area contributed by atoms with Crippen LogP contribution in [0.2, 0.25) is 0 Å². The predicted octanol–water partition coefficient (Wildman–Crippen LogP) is 2.11. The van der Waals surface area contributed by atoms with Gasteiger partial charge in [0.25, 0.3) is 11.8 Å². The van der Waals surface area contributed by atoms with Gasteiger partial charge in [0.2, 0.25) is 0 Å². The van der Waals surface area contributed by atoms with E-state index in [0.29, 0.717) is 34.8 Å². The molecule has 8 heteroatoms. The summed E-state index contributed by atoms with van der Waals surface area (Å²) in [4.78, 5) is 31.0. The fourth-order valence-corrected chi connectivity index (χ4v) is 3.23. The van der Waals surface area contributed by atoms with E-state index in [1.165, 1.54) is 6.20 Å². The van der Waals surface area contributed by atoms with Crippen molar-refractivity contribution >= 4 is 23.1 Å². The van der Waals surface area contributed by atoms with Gasteiger partial charge in [-0.1, -0.05) is 0 Å². The molecule has 2 amide bonds. The molecule has 1 aromatic carbocycles. The summed E-state index contributed by atoms with van der Waals surface area (Å²) in [6, 6.07) is 5.31. The number of nitrogens with zero attached hydrogens (tertiary/aromatic N) is 4. The van der Waals surface area contributed by atoms with E-state index in [-0.39, 0.29) is 17.9 Å². The molecule has 2 aromatic heterocycles. The first-order valence-electron chi connectivity index (χ1n) is 8.79. The highest BCUT2D eigenvalue weighted by Gasteiger charge is 2.30. The summed E-state index contributed by atoms with van der Waals surface area (Å²) in [5.41, 5.74) is 2.92. The van der Waals surface area contributed by atoms with Crippen molar-refractivity contribution in [2.24, 2.45) is 0 Å². The van der Waals surface area contributed by atoms with Crippen molar-refractivity contribution in [2.45, 2.75) is 25.5 Å². The van der Waals surface area contributed by atoms with E-state index >= 15 is 0 Å². The van der Waals surface area contributed by atoms with Gasteiger partial charge in [0.15, 0.2) is 5.65 Å². The van der Waals surface area contributed by atoms with Crippen molar-refractivity contribution in [3.05, 3.63) is 53.5 Å². The number of hydrogen-bond donors (Lipinski definition) is 1. The van der Waals surface area contributed by atoms with Crippen LogP contribution in [0.3, 0.4) is 0 Å².